The van der Waals surface area contributed by atoms with E-state index in [9.17, 15) is 19.5 Å². The van der Waals surface area contributed by atoms with Crippen molar-refractivity contribution < 1.29 is 19.5 Å². The summed E-state index contributed by atoms with van der Waals surface area (Å²) in [7, 11) is 0. The molecule has 3 saturated heterocycles. The number of fused-ring (bicyclic) bond motifs is 2. The lowest BCUT2D eigenvalue weighted by Gasteiger charge is -2.33. The number of hydrogen-bond acceptors (Lipinski definition) is 3. The van der Waals surface area contributed by atoms with Crippen LogP contribution >= 0.6 is 0 Å². The molecule has 0 radical (unpaired) electrons. The molecule has 0 unspecified atom stereocenters. The Morgan fingerprint density at radius 3 is 2.63 bits per heavy atom. The fourth-order valence-electron chi connectivity index (χ4n) is 5.32. The highest BCUT2D eigenvalue weighted by Gasteiger charge is 2.61. The standard InChI is InChI=1S/C21H26N2O4/c24-18-7-4-11-22(18)12-10-19(25)23-16-8-9-17(23)21(14-16,20(26)27)13-15-5-2-1-3-6-15/h1-3,5-6,16-17H,4,7-14H2,(H,26,27)/t16-,17+,21+/m0/s1. The van der Waals surface area contributed by atoms with Crippen LogP contribution in [0.15, 0.2) is 30.3 Å². The molecule has 1 aromatic carbocycles. The van der Waals surface area contributed by atoms with Gasteiger partial charge < -0.3 is 14.9 Å². The minimum atomic E-state index is -0.899. The van der Waals surface area contributed by atoms with Gasteiger partial charge in [-0.2, -0.15) is 0 Å². The SMILES string of the molecule is O=C1CCCN1CCC(=O)N1[C@H]2CC[C@@H]1[C@](Cc1ccccc1)(C(=O)O)C2. The van der Waals surface area contributed by atoms with Crippen molar-refractivity contribution in [3.8, 4) is 0 Å². The Labute approximate surface area is 159 Å². The molecule has 6 heteroatoms. The van der Waals surface area contributed by atoms with E-state index >= 15 is 0 Å². The third kappa shape index (κ3) is 3.11. The molecule has 3 aliphatic heterocycles. The van der Waals surface area contributed by atoms with E-state index in [1.807, 2.05) is 35.2 Å². The van der Waals surface area contributed by atoms with Crippen LogP contribution in [0.25, 0.3) is 0 Å². The average molecular weight is 370 g/mol. The largest absolute Gasteiger partial charge is 0.481 e. The third-order valence-electron chi connectivity index (χ3n) is 6.58. The number of carbonyl (C=O) groups excluding carboxylic acids is 2. The topological polar surface area (TPSA) is 77.9 Å². The second kappa shape index (κ2) is 6.98. The number of carbonyl (C=O) groups is 3. The maximum atomic E-state index is 12.9. The van der Waals surface area contributed by atoms with Gasteiger partial charge in [-0.05, 0) is 37.7 Å². The number of aliphatic carboxylic acids is 1. The van der Waals surface area contributed by atoms with Crippen molar-refractivity contribution in [2.75, 3.05) is 13.1 Å². The molecule has 6 nitrogen and oxygen atoms in total. The molecule has 1 N–H and O–H groups in total. The normalized spacial score (nSPS) is 29.6. The fourth-order valence-corrected chi connectivity index (χ4v) is 5.32. The molecule has 3 heterocycles. The van der Waals surface area contributed by atoms with Crippen molar-refractivity contribution in [2.45, 2.75) is 57.0 Å². The Hall–Kier alpha value is -2.37. The van der Waals surface area contributed by atoms with Gasteiger partial charge in [-0.25, -0.2) is 0 Å². The minimum Gasteiger partial charge on any atom is -0.481 e. The molecule has 0 aromatic heterocycles. The maximum Gasteiger partial charge on any atom is 0.312 e. The van der Waals surface area contributed by atoms with Crippen LogP contribution in [0, 0.1) is 5.41 Å². The van der Waals surface area contributed by atoms with Gasteiger partial charge in [-0.1, -0.05) is 30.3 Å². The first kappa shape index (κ1) is 18.0. The Kier molecular flexibility index (Phi) is 4.66. The van der Waals surface area contributed by atoms with Crippen molar-refractivity contribution in [1.82, 2.24) is 9.80 Å². The van der Waals surface area contributed by atoms with E-state index < -0.39 is 11.4 Å². The van der Waals surface area contributed by atoms with Crippen LogP contribution in [0.2, 0.25) is 0 Å². The molecule has 4 rings (SSSR count). The molecule has 3 atom stereocenters. The Balaban J connectivity index is 1.49. The molecular weight excluding hydrogens is 344 g/mol. The van der Waals surface area contributed by atoms with E-state index in [1.54, 1.807) is 4.90 Å². The molecule has 0 aliphatic carbocycles. The number of nitrogens with zero attached hydrogens (tertiary/aromatic N) is 2. The van der Waals surface area contributed by atoms with Crippen molar-refractivity contribution in [2.24, 2.45) is 5.41 Å². The summed E-state index contributed by atoms with van der Waals surface area (Å²) in [6.07, 6.45) is 4.33. The summed E-state index contributed by atoms with van der Waals surface area (Å²) in [5, 5.41) is 10.1. The van der Waals surface area contributed by atoms with E-state index in [2.05, 4.69) is 0 Å². The third-order valence-corrected chi connectivity index (χ3v) is 6.58. The molecule has 1 aromatic rings. The van der Waals surface area contributed by atoms with Crippen molar-refractivity contribution in [3.05, 3.63) is 35.9 Å². The molecule has 3 fully saturated rings. The van der Waals surface area contributed by atoms with Gasteiger partial charge >= 0.3 is 5.97 Å². The summed E-state index contributed by atoms with van der Waals surface area (Å²) in [6.45, 7) is 1.18. The highest BCUT2D eigenvalue weighted by atomic mass is 16.4. The number of amides is 2. The number of rotatable bonds is 6. The zero-order valence-corrected chi connectivity index (χ0v) is 15.5. The quantitative estimate of drug-likeness (QED) is 0.832. The number of benzene rings is 1. The first-order valence-electron chi connectivity index (χ1n) is 9.87. The zero-order chi connectivity index (χ0) is 19.0. The number of likely N-dealkylation sites (tertiary alicyclic amines) is 1. The highest BCUT2D eigenvalue weighted by Crippen LogP contribution is 2.52. The summed E-state index contributed by atoms with van der Waals surface area (Å²) in [6, 6.07) is 9.46. The van der Waals surface area contributed by atoms with Crippen LogP contribution in [0.4, 0.5) is 0 Å². The van der Waals surface area contributed by atoms with Crippen LogP contribution in [0.3, 0.4) is 0 Å². The van der Waals surface area contributed by atoms with Gasteiger partial charge in [0, 0.05) is 38.0 Å². The van der Waals surface area contributed by atoms with Gasteiger partial charge in [0.1, 0.15) is 0 Å². The van der Waals surface area contributed by atoms with E-state index in [4.69, 9.17) is 0 Å². The summed E-state index contributed by atoms with van der Waals surface area (Å²) in [5.41, 5.74) is 0.103. The smallest absolute Gasteiger partial charge is 0.312 e. The summed E-state index contributed by atoms with van der Waals surface area (Å²) >= 11 is 0. The molecule has 0 spiro atoms. The van der Waals surface area contributed by atoms with Gasteiger partial charge in [-0.3, -0.25) is 14.4 Å². The first-order chi connectivity index (χ1) is 13.0. The lowest BCUT2D eigenvalue weighted by Crippen LogP contribution is -2.47. The molecule has 144 valence electrons. The van der Waals surface area contributed by atoms with E-state index in [1.165, 1.54) is 0 Å². The predicted molar refractivity (Wildman–Crippen MR) is 98.9 cm³/mol. The highest BCUT2D eigenvalue weighted by molar-refractivity contribution is 5.84. The second-order valence-corrected chi connectivity index (χ2v) is 8.11. The molecule has 2 amide bonds. The van der Waals surface area contributed by atoms with Gasteiger partial charge in [0.25, 0.3) is 0 Å². The van der Waals surface area contributed by atoms with Crippen molar-refractivity contribution in [1.29, 1.82) is 0 Å². The Morgan fingerprint density at radius 1 is 1.19 bits per heavy atom. The molecule has 0 saturated carbocycles. The van der Waals surface area contributed by atoms with Crippen molar-refractivity contribution in [3.63, 3.8) is 0 Å². The average Bonchev–Trinajstić information content (AvgIpc) is 3.34. The lowest BCUT2D eigenvalue weighted by molar-refractivity contribution is -0.151. The molecular formula is C21H26N2O4. The van der Waals surface area contributed by atoms with Crippen LogP contribution in [0.5, 0.6) is 0 Å². The molecule has 2 bridgehead atoms. The lowest BCUT2D eigenvalue weighted by atomic mass is 9.70. The van der Waals surface area contributed by atoms with E-state index in [0.717, 1.165) is 31.4 Å². The minimum absolute atomic E-state index is 0.00149. The van der Waals surface area contributed by atoms with Gasteiger partial charge in [0.15, 0.2) is 0 Å². The second-order valence-electron chi connectivity index (χ2n) is 8.11. The Morgan fingerprint density at radius 2 is 1.96 bits per heavy atom. The van der Waals surface area contributed by atoms with Gasteiger partial charge in [0.2, 0.25) is 11.8 Å². The predicted octanol–water partition coefficient (Wildman–Crippen LogP) is 2.08. The van der Waals surface area contributed by atoms with Gasteiger partial charge in [-0.15, -0.1) is 0 Å². The summed E-state index contributed by atoms with van der Waals surface area (Å²) in [5.74, 6) is -0.680. The van der Waals surface area contributed by atoms with Crippen LogP contribution in [-0.4, -0.2) is 57.9 Å². The summed E-state index contributed by atoms with van der Waals surface area (Å²) in [4.78, 5) is 40.6. The van der Waals surface area contributed by atoms with E-state index in [-0.39, 0.29) is 23.9 Å². The first-order valence-corrected chi connectivity index (χ1v) is 9.87. The fraction of sp³-hybridized carbons (Fsp3) is 0.571. The Bertz CT molecular complexity index is 750. The number of carboxylic acid groups (broad SMARTS) is 1. The zero-order valence-electron chi connectivity index (χ0n) is 15.5. The number of carboxylic acids is 1. The molecule has 3 aliphatic rings. The van der Waals surface area contributed by atoms with Crippen LogP contribution in [0.1, 0.15) is 44.1 Å². The summed E-state index contributed by atoms with van der Waals surface area (Å²) < 4.78 is 0. The van der Waals surface area contributed by atoms with Crippen LogP contribution in [-0.2, 0) is 20.8 Å². The van der Waals surface area contributed by atoms with Crippen LogP contribution < -0.4 is 0 Å². The maximum absolute atomic E-state index is 12.9. The van der Waals surface area contributed by atoms with Gasteiger partial charge in [0.05, 0.1) is 5.41 Å². The monoisotopic (exact) mass is 370 g/mol. The number of hydrogen-bond donors (Lipinski definition) is 1. The van der Waals surface area contributed by atoms with E-state index in [0.29, 0.717) is 32.2 Å². The molecule has 27 heavy (non-hydrogen) atoms. The van der Waals surface area contributed by atoms with Crippen molar-refractivity contribution >= 4 is 17.8 Å².